The maximum absolute atomic E-state index is 4.08. The van der Waals surface area contributed by atoms with Crippen LogP contribution in [0.2, 0.25) is 0 Å². The van der Waals surface area contributed by atoms with Crippen molar-refractivity contribution in [2.75, 3.05) is 0 Å². The standard InChI is InChI=1S/C20H31N/c1-9-10-17(5)18(6)12-11-16(4)14-20(8)21-19(7)13-15(2)3/h10-13,21H,2,8-9,14H2,1,3-7H3/b16-11+,17-10+,18-12+,19-13+. The molecule has 0 aliphatic carbocycles. The van der Waals surface area contributed by atoms with Crippen LogP contribution in [0.3, 0.4) is 0 Å². The molecule has 0 atom stereocenters. The molecule has 0 saturated heterocycles. The monoisotopic (exact) mass is 285 g/mol. The van der Waals surface area contributed by atoms with E-state index in [1.54, 1.807) is 0 Å². The van der Waals surface area contributed by atoms with Crippen molar-refractivity contribution in [3.8, 4) is 0 Å². The molecule has 0 bridgehead atoms. The molecule has 0 amide bonds. The van der Waals surface area contributed by atoms with Crippen molar-refractivity contribution in [1.82, 2.24) is 5.32 Å². The second-order valence-electron chi connectivity index (χ2n) is 5.74. The molecule has 0 aromatic rings. The van der Waals surface area contributed by atoms with E-state index >= 15 is 0 Å². The first-order chi connectivity index (χ1) is 9.76. The van der Waals surface area contributed by atoms with Crippen LogP contribution >= 0.6 is 0 Å². The van der Waals surface area contributed by atoms with Gasteiger partial charge in [0.2, 0.25) is 0 Å². The van der Waals surface area contributed by atoms with Crippen molar-refractivity contribution >= 4 is 0 Å². The minimum absolute atomic E-state index is 0.849. The van der Waals surface area contributed by atoms with E-state index < -0.39 is 0 Å². The van der Waals surface area contributed by atoms with E-state index in [9.17, 15) is 0 Å². The molecule has 1 nitrogen and oxygen atoms in total. The van der Waals surface area contributed by atoms with Gasteiger partial charge >= 0.3 is 0 Å². The predicted octanol–water partition coefficient (Wildman–Crippen LogP) is 6.21. The summed E-state index contributed by atoms with van der Waals surface area (Å²) in [5.74, 6) is 0. The Balaban J connectivity index is 4.62. The molecule has 21 heavy (non-hydrogen) atoms. The second-order valence-corrected chi connectivity index (χ2v) is 5.74. The van der Waals surface area contributed by atoms with Gasteiger partial charge in [0.1, 0.15) is 0 Å². The molecule has 0 fully saturated rings. The van der Waals surface area contributed by atoms with Crippen molar-refractivity contribution < 1.29 is 0 Å². The molecule has 0 heterocycles. The van der Waals surface area contributed by atoms with Crippen LogP contribution in [0.4, 0.5) is 0 Å². The summed E-state index contributed by atoms with van der Waals surface area (Å²) in [6.07, 6.45) is 10.6. The Kier molecular flexibility index (Phi) is 9.20. The van der Waals surface area contributed by atoms with Crippen LogP contribution in [-0.2, 0) is 0 Å². The van der Waals surface area contributed by atoms with Gasteiger partial charge in [0.25, 0.3) is 0 Å². The van der Waals surface area contributed by atoms with Crippen LogP contribution in [0.25, 0.3) is 0 Å². The smallest absolute Gasteiger partial charge is 0.0119 e. The van der Waals surface area contributed by atoms with Gasteiger partial charge in [-0.05, 0) is 52.7 Å². The van der Waals surface area contributed by atoms with Gasteiger partial charge in [-0.3, -0.25) is 0 Å². The average Bonchev–Trinajstić information content (AvgIpc) is 2.34. The summed E-state index contributed by atoms with van der Waals surface area (Å²) in [5.41, 5.74) is 7.07. The summed E-state index contributed by atoms with van der Waals surface area (Å²) < 4.78 is 0. The topological polar surface area (TPSA) is 12.0 Å². The van der Waals surface area contributed by atoms with Gasteiger partial charge in [-0.15, -0.1) is 0 Å². The number of allylic oxidation sites excluding steroid dienone is 9. The molecule has 0 aromatic heterocycles. The van der Waals surface area contributed by atoms with Gasteiger partial charge in [0.15, 0.2) is 0 Å². The first-order valence-corrected chi connectivity index (χ1v) is 7.56. The quantitative estimate of drug-likeness (QED) is 0.523. The molecule has 1 heteroatoms. The summed E-state index contributed by atoms with van der Waals surface area (Å²) >= 11 is 0. The zero-order chi connectivity index (χ0) is 16.4. The highest BCUT2D eigenvalue weighted by Gasteiger charge is 1.97. The van der Waals surface area contributed by atoms with Gasteiger partial charge in [-0.2, -0.15) is 0 Å². The van der Waals surface area contributed by atoms with Gasteiger partial charge in [0.05, 0.1) is 0 Å². The van der Waals surface area contributed by atoms with E-state index in [1.807, 2.05) is 19.9 Å². The highest BCUT2D eigenvalue weighted by Crippen LogP contribution is 2.13. The van der Waals surface area contributed by atoms with Crippen molar-refractivity contribution in [2.45, 2.75) is 54.4 Å². The fraction of sp³-hybridized carbons (Fsp3) is 0.400. The molecule has 0 saturated carbocycles. The van der Waals surface area contributed by atoms with Gasteiger partial charge in [-0.25, -0.2) is 0 Å². The number of nitrogens with one attached hydrogen (secondary N) is 1. The molecule has 0 aliphatic rings. The van der Waals surface area contributed by atoms with Crippen LogP contribution in [-0.4, -0.2) is 0 Å². The van der Waals surface area contributed by atoms with E-state index in [4.69, 9.17) is 0 Å². The van der Waals surface area contributed by atoms with Gasteiger partial charge in [0, 0.05) is 17.8 Å². The third-order valence-electron chi connectivity index (χ3n) is 3.08. The normalized spacial score (nSPS) is 14.2. The van der Waals surface area contributed by atoms with Gasteiger partial charge in [-0.1, -0.05) is 55.0 Å². The van der Waals surface area contributed by atoms with E-state index in [2.05, 4.69) is 64.4 Å². The highest BCUT2D eigenvalue weighted by atomic mass is 14.9. The Bertz CT molecular complexity index is 496. The maximum atomic E-state index is 4.08. The molecule has 0 radical (unpaired) electrons. The lowest BCUT2D eigenvalue weighted by Gasteiger charge is -2.10. The Morgan fingerprint density at radius 1 is 0.952 bits per heavy atom. The fourth-order valence-corrected chi connectivity index (χ4v) is 1.99. The molecule has 0 aliphatic heterocycles. The van der Waals surface area contributed by atoms with E-state index in [0.717, 1.165) is 29.8 Å². The predicted molar refractivity (Wildman–Crippen MR) is 97.0 cm³/mol. The van der Waals surface area contributed by atoms with Crippen LogP contribution in [0.1, 0.15) is 54.4 Å². The highest BCUT2D eigenvalue weighted by molar-refractivity contribution is 5.32. The summed E-state index contributed by atoms with van der Waals surface area (Å²) in [6.45, 7) is 20.6. The molecule has 1 N–H and O–H groups in total. The fourth-order valence-electron chi connectivity index (χ4n) is 1.99. The molecular formula is C20H31N. The molecule has 116 valence electrons. The Labute approximate surface area is 131 Å². The van der Waals surface area contributed by atoms with Gasteiger partial charge < -0.3 is 5.32 Å². The van der Waals surface area contributed by atoms with E-state index in [0.29, 0.717) is 0 Å². The van der Waals surface area contributed by atoms with Crippen LogP contribution in [0.15, 0.2) is 71.1 Å². The van der Waals surface area contributed by atoms with E-state index in [-0.39, 0.29) is 0 Å². The van der Waals surface area contributed by atoms with Crippen molar-refractivity contribution in [1.29, 1.82) is 0 Å². The van der Waals surface area contributed by atoms with Crippen LogP contribution in [0.5, 0.6) is 0 Å². The minimum Gasteiger partial charge on any atom is -0.363 e. The number of hydrogen-bond donors (Lipinski definition) is 1. The molecule has 0 unspecified atom stereocenters. The summed E-state index contributed by atoms with van der Waals surface area (Å²) in [4.78, 5) is 0. The Hall–Kier alpha value is -1.76. The average molecular weight is 285 g/mol. The number of rotatable bonds is 8. The first kappa shape index (κ1) is 19.2. The lowest BCUT2D eigenvalue weighted by atomic mass is 10.1. The summed E-state index contributed by atoms with van der Waals surface area (Å²) in [5, 5.41) is 3.31. The van der Waals surface area contributed by atoms with Crippen LogP contribution in [0, 0.1) is 0 Å². The lowest BCUT2D eigenvalue weighted by Crippen LogP contribution is -2.09. The zero-order valence-corrected chi connectivity index (χ0v) is 14.6. The first-order valence-electron chi connectivity index (χ1n) is 7.56. The Morgan fingerprint density at radius 3 is 2.10 bits per heavy atom. The van der Waals surface area contributed by atoms with Crippen molar-refractivity contribution in [2.24, 2.45) is 0 Å². The summed E-state index contributed by atoms with van der Waals surface area (Å²) in [7, 11) is 0. The SMILES string of the molecule is C=C(C)/C=C(\C)NC(=C)C/C(C)=C/C=C(C)/C(C)=C/CC. The van der Waals surface area contributed by atoms with E-state index in [1.165, 1.54) is 16.7 Å². The minimum atomic E-state index is 0.849. The largest absolute Gasteiger partial charge is 0.363 e. The zero-order valence-electron chi connectivity index (χ0n) is 14.6. The second kappa shape index (κ2) is 10.0. The Morgan fingerprint density at radius 2 is 1.57 bits per heavy atom. The lowest BCUT2D eigenvalue weighted by molar-refractivity contribution is 0.906. The third kappa shape index (κ3) is 9.73. The van der Waals surface area contributed by atoms with Crippen molar-refractivity contribution in [3.63, 3.8) is 0 Å². The third-order valence-corrected chi connectivity index (χ3v) is 3.08. The van der Waals surface area contributed by atoms with Crippen LogP contribution < -0.4 is 5.32 Å². The molecule has 0 spiro atoms. The number of hydrogen-bond acceptors (Lipinski definition) is 1. The molecular weight excluding hydrogens is 254 g/mol. The summed E-state index contributed by atoms with van der Waals surface area (Å²) in [6, 6.07) is 0. The molecule has 0 aromatic carbocycles. The maximum Gasteiger partial charge on any atom is 0.0119 e. The molecule has 0 rings (SSSR count). The van der Waals surface area contributed by atoms with Crippen molar-refractivity contribution in [3.05, 3.63) is 71.1 Å².